The van der Waals surface area contributed by atoms with E-state index in [1.54, 1.807) is 0 Å². The molecule has 0 bridgehead atoms. The quantitative estimate of drug-likeness (QED) is 0.720. The van der Waals surface area contributed by atoms with Crippen LogP contribution in [0, 0.1) is 6.92 Å². The van der Waals surface area contributed by atoms with E-state index in [0.717, 1.165) is 43.0 Å². The summed E-state index contributed by atoms with van der Waals surface area (Å²) in [5.41, 5.74) is 3.44. The number of aryl methyl sites for hydroxylation is 1. The number of carbonyl (C=O) groups is 1. The topological polar surface area (TPSA) is 112 Å². The molecule has 166 valence electrons. The Morgan fingerprint density at radius 2 is 2.16 bits per heavy atom. The number of anilines is 1. The summed E-state index contributed by atoms with van der Waals surface area (Å²) in [5, 5.41) is 3.14. The molecule has 31 heavy (non-hydrogen) atoms. The fraction of sp³-hybridized carbons (Fsp3) is 0.571. The summed E-state index contributed by atoms with van der Waals surface area (Å²) in [5.74, 6) is 0.988. The van der Waals surface area contributed by atoms with Gasteiger partial charge in [0, 0.05) is 42.9 Å². The van der Waals surface area contributed by atoms with Crippen molar-refractivity contribution >= 4 is 11.9 Å². The average Bonchev–Trinajstić information content (AvgIpc) is 2.80. The molecule has 10 nitrogen and oxygen atoms in total. The van der Waals surface area contributed by atoms with Crippen LogP contribution in [0.2, 0.25) is 0 Å². The Labute approximate surface area is 181 Å². The van der Waals surface area contributed by atoms with E-state index in [4.69, 9.17) is 19.2 Å². The predicted molar refractivity (Wildman–Crippen MR) is 112 cm³/mol. The summed E-state index contributed by atoms with van der Waals surface area (Å²) in [7, 11) is 3.02. The van der Waals surface area contributed by atoms with E-state index in [1.165, 1.54) is 14.2 Å². The minimum Gasteiger partial charge on any atom is -0.481 e. The maximum atomic E-state index is 12.8. The molecule has 1 saturated heterocycles. The fourth-order valence-corrected chi connectivity index (χ4v) is 4.00. The molecular weight excluding hydrogens is 400 g/mol. The lowest BCUT2D eigenvalue weighted by molar-refractivity contribution is -0.121. The average molecular weight is 428 g/mol. The van der Waals surface area contributed by atoms with Gasteiger partial charge in [0.1, 0.15) is 0 Å². The molecule has 0 unspecified atom stereocenters. The van der Waals surface area contributed by atoms with Crippen LogP contribution in [0.3, 0.4) is 0 Å². The number of hydrogen-bond donors (Lipinski definition) is 1. The number of amides is 1. The molecule has 1 N–H and O–H groups in total. The number of methoxy groups -OCH3 is 2. The zero-order chi connectivity index (χ0) is 21.8. The lowest BCUT2D eigenvalue weighted by atomic mass is 10.0. The second kappa shape index (κ2) is 9.42. The molecule has 4 rings (SSSR count). The molecule has 0 radical (unpaired) electrons. The lowest BCUT2D eigenvalue weighted by Gasteiger charge is -2.33. The van der Waals surface area contributed by atoms with E-state index in [2.05, 4.69) is 25.2 Å². The highest BCUT2D eigenvalue weighted by Gasteiger charge is 2.25. The van der Waals surface area contributed by atoms with Crippen molar-refractivity contribution in [2.75, 3.05) is 38.8 Å². The molecule has 0 aromatic carbocycles. The maximum Gasteiger partial charge on any atom is 0.319 e. The van der Waals surface area contributed by atoms with Crippen LogP contribution in [0.5, 0.6) is 11.9 Å². The van der Waals surface area contributed by atoms with Crippen molar-refractivity contribution in [2.45, 2.75) is 45.3 Å². The van der Waals surface area contributed by atoms with Crippen molar-refractivity contribution in [1.29, 1.82) is 0 Å². The number of fused-ring (bicyclic) bond motifs is 1. The Balaban J connectivity index is 1.40. The van der Waals surface area contributed by atoms with E-state index in [0.29, 0.717) is 36.9 Å². The summed E-state index contributed by atoms with van der Waals surface area (Å²) < 4.78 is 15.9. The molecular formula is C21H28N6O4. The van der Waals surface area contributed by atoms with Crippen LogP contribution in [-0.4, -0.2) is 65.8 Å². The number of nitrogens with one attached hydrogen (secondary N) is 1. The van der Waals surface area contributed by atoms with Crippen molar-refractivity contribution in [3.63, 3.8) is 0 Å². The van der Waals surface area contributed by atoms with E-state index in [9.17, 15) is 4.79 Å². The van der Waals surface area contributed by atoms with Gasteiger partial charge in [0.15, 0.2) is 0 Å². The van der Waals surface area contributed by atoms with Crippen LogP contribution in [-0.2, 0) is 29.0 Å². The lowest BCUT2D eigenvalue weighted by Crippen LogP contribution is -2.48. The van der Waals surface area contributed by atoms with Crippen molar-refractivity contribution in [2.24, 2.45) is 0 Å². The van der Waals surface area contributed by atoms with Gasteiger partial charge in [-0.2, -0.15) is 4.98 Å². The third-order valence-electron chi connectivity index (χ3n) is 5.62. The summed E-state index contributed by atoms with van der Waals surface area (Å²) >= 11 is 0. The molecule has 1 fully saturated rings. The highest BCUT2D eigenvalue weighted by Crippen LogP contribution is 2.23. The highest BCUT2D eigenvalue weighted by molar-refractivity contribution is 5.79. The zero-order valence-electron chi connectivity index (χ0n) is 18.2. The minimum absolute atomic E-state index is 0.0229. The minimum atomic E-state index is -0.0921. The van der Waals surface area contributed by atoms with Gasteiger partial charge in [-0.05, 0) is 19.8 Å². The molecule has 10 heteroatoms. The van der Waals surface area contributed by atoms with Crippen molar-refractivity contribution < 1.29 is 19.0 Å². The van der Waals surface area contributed by atoms with Gasteiger partial charge in [-0.15, -0.1) is 0 Å². The normalized spacial score (nSPS) is 18.3. The number of piperidine rings is 1. The first-order chi connectivity index (χ1) is 15.1. The molecule has 0 saturated carbocycles. The smallest absolute Gasteiger partial charge is 0.319 e. The Morgan fingerprint density at radius 3 is 2.97 bits per heavy atom. The van der Waals surface area contributed by atoms with Gasteiger partial charge < -0.3 is 24.4 Å². The SMILES string of the molecule is COc1nc(C)c(CC(=O)N[C@H]2CCCN(c3ncc4c(n3)CCOC4)C2)c(OC)n1. The maximum absolute atomic E-state index is 12.8. The summed E-state index contributed by atoms with van der Waals surface area (Å²) in [6.07, 6.45) is 4.69. The second-order valence-corrected chi connectivity index (χ2v) is 7.76. The van der Waals surface area contributed by atoms with Gasteiger partial charge in [0.25, 0.3) is 0 Å². The highest BCUT2D eigenvalue weighted by atomic mass is 16.5. The van der Waals surface area contributed by atoms with Crippen LogP contribution < -0.4 is 19.7 Å². The van der Waals surface area contributed by atoms with E-state index in [1.807, 2.05) is 13.1 Å². The standard InChI is InChI=1S/C21H28N6O4/c1-13-16(19(29-2)26-21(23-13)30-3)9-18(28)24-15-5-4-7-27(11-15)20-22-10-14-12-31-8-6-17(14)25-20/h10,15H,4-9,11-12H2,1-3H3,(H,24,28)/t15-/m0/s1. The Bertz CT molecular complexity index is 954. The zero-order valence-corrected chi connectivity index (χ0v) is 18.2. The van der Waals surface area contributed by atoms with Gasteiger partial charge in [-0.25, -0.2) is 15.0 Å². The number of ether oxygens (including phenoxy) is 3. The third-order valence-corrected chi connectivity index (χ3v) is 5.62. The Kier molecular flexibility index (Phi) is 6.45. The molecule has 0 aliphatic carbocycles. The monoisotopic (exact) mass is 428 g/mol. The largest absolute Gasteiger partial charge is 0.481 e. The third kappa shape index (κ3) is 4.84. The van der Waals surface area contributed by atoms with Gasteiger partial charge in [0.2, 0.25) is 17.7 Å². The van der Waals surface area contributed by atoms with Crippen molar-refractivity contribution in [3.05, 3.63) is 28.7 Å². The number of rotatable bonds is 6. The number of aromatic nitrogens is 4. The molecule has 1 amide bonds. The summed E-state index contributed by atoms with van der Waals surface area (Å²) in [6, 6.07) is 0.243. The van der Waals surface area contributed by atoms with Gasteiger partial charge in [0.05, 0.1) is 45.2 Å². The first-order valence-corrected chi connectivity index (χ1v) is 10.5. The summed E-state index contributed by atoms with van der Waals surface area (Å²) in [6.45, 7) is 4.64. The van der Waals surface area contributed by atoms with Gasteiger partial charge in [-0.1, -0.05) is 0 Å². The molecule has 0 spiro atoms. The Morgan fingerprint density at radius 1 is 1.29 bits per heavy atom. The molecule has 2 aromatic heterocycles. The molecule has 2 aliphatic heterocycles. The van der Waals surface area contributed by atoms with Crippen LogP contribution >= 0.6 is 0 Å². The van der Waals surface area contributed by atoms with Gasteiger partial charge >= 0.3 is 6.01 Å². The van der Waals surface area contributed by atoms with Crippen molar-refractivity contribution in [3.8, 4) is 11.9 Å². The van der Waals surface area contributed by atoms with Crippen LogP contribution in [0.15, 0.2) is 6.20 Å². The van der Waals surface area contributed by atoms with E-state index >= 15 is 0 Å². The van der Waals surface area contributed by atoms with Crippen LogP contribution in [0.25, 0.3) is 0 Å². The predicted octanol–water partition coefficient (Wildman–Crippen LogP) is 0.993. The first kappa shape index (κ1) is 21.2. The second-order valence-electron chi connectivity index (χ2n) is 7.76. The number of hydrogen-bond acceptors (Lipinski definition) is 9. The van der Waals surface area contributed by atoms with Crippen molar-refractivity contribution in [1.82, 2.24) is 25.3 Å². The molecule has 4 heterocycles. The Hall–Kier alpha value is -3.01. The van der Waals surface area contributed by atoms with Crippen LogP contribution in [0.1, 0.15) is 35.4 Å². The number of carbonyl (C=O) groups excluding carboxylic acids is 1. The van der Waals surface area contributed by atoms with Crippen LogP contribution in [0.4, 0.5) is 5.95 Å². The first-order valence-electron chi connectivity index (χ1n) is 10.5. The summed E-state index contributed by atoms with van der Waals surface area (Å²) in [4.78, 5) is 32.6. The molecule has 1 atom stereocenters. The van der Waals surface area contributed by atoms with E-state index < -0.39 is 0 Å². The molecule has 2 aliphatic rings. The van der Waals surface area contributed by atoms with E-state index in [-0.39, 0.29) is 24.4 Å². The number of nitrogens with zero attached hydrogens (tertiary/aromatic N) is 5. The molecule has 2 aromatic rings. The fourth-order valence-electron chi connectivity index (χ4n) is 4.00. The van der Waals surface area contributed by atoms with Gasteiger partial charge in [-0.3, -0.25) is 4.79 Å².